The maximum atomic E-state index is 14.2. The van der Waals surface area contributed by atoms with Crippen LogP contribution in [0, 0.1) is 5.82 Å². The standard InChI is InChI=1S/C14H8Cl2F3NO4/c15-7-4-8(17)9(5-11(7)24-14(16,18)19)20-12(21)6-2-1-3-10(6)23-13(20)22/h4-5H,1-3H2. The highest BCUT2D eigenvalue weighted by Crippen LogP contribution is 2.34. The number of benzene rings is 1. The van der Waals surface area contributed by atoms with Gasteiger partial charge >= 0.3 is 11.3 Å². The predicted molar refractivity (Wildman–Crippen MR) is 79.0 cm³/mol. The van der Waals surface area contributed by atoms with Gasteiger partial charge < -0.3 is 9.15 Å². The van der Waals surface area contributed by atoms with Gasteiger partial charge in [-0.1, -0.05) is 11.6 Å². The van der Waals surface area contributed by atoms with Gasteiger partial charge in [0.05, 0.1) is 16.3 Å². The van der Waals surface area contributed by atoms with Gasteiger partial charge in [-0.05, 0) is 18.9 Å². The molecule has 0 fully saturated rings. The average Bonchev–Trinajstić information content (AvgIpc) is 2.90. The minimum absolute atomic E-state index is 0.245. The lowest BCUT2D eigenvalue weighted by atomic mass is 10.2. The Morgan fingerprint density at radius 1 is 1.25 bits per heavy atom. The monoisotopic (exact) mass is 381 g/mol. The highest BCUT2D eigenvalue weighted by molar-refractivity contribution is 6.32. The molecule has 0 bridgehead atoms. The topological polar surface area (TPSA) is 61.4 Å². The predicted octanol–water partition coefficient (Wildman–Crippen LogP) is 3.24. The molecule has 0 amide bonds. The molecule has 2 aromatic rings. The van der Waals surface area contributed by atoms with Crippen LogP contribution in [0.15, 0.2) is 26.1 Å². The number of aryl methyl sites for hydroxylation is 1. The first-order valence-corrected chi connectivity index (χ1v) is 7.46. The van der Waals surface area contributed by atoms with Crippen LogP contribution in [0.1, 0.15) is 17.7 Å². The summed E-state index contributed by atoms with van der Waals surface area (Å²) in [5.74, 6) is -2.66. The fourth-order valence-corrected chi connectivity index (χ4v) is 2.80. The van der Waals surface area contributed by atoms with Crippen molar-refractivity contribution in [2.45, 2.75) is 24.8 Å². The van der Waals surface area contributed by atoms with Gasteiger partial charge in [0.15, 0.2) is 0 Å². The Hall–Kier alpha value is -1.93. The Morgan fingerprint density at radius 3 is 2.62 bits per heavy atom. The van der Waals surface area contributed by atoms with Crippen LogP contribution in [-0.4, -0.2) is 10.1 Å². The smallest absolute Gasteiger partial charge is 0.418 e. The largest absolute Gasteiger partial charge is 0.487 e. The Labute approximate surface area is 142 Å². The third-order valence-electron chi connectivity index (χ3n) is 3.49. The first-order valence-electron chi connectivity index (χ1n) is 6.70. The zero-order valence-electron chi connectivity index (χ0n) is 11.7. The van der Waals surface area contributed by atoms with Crippen molar-refractivity contribution in [1.82, 2.24) is 4.57 Å². The van der Waals surface area contributed by atoms with Gasteiger partial charge in [0, 0.05) is 24.1 Å². The fraction of sp³-hybridized carbons (Fsp3) is 0.286. The summed E-state index contributed by atoms with van der Waals surface area (Å²) in [6.07, 6.45) is 1.42. The summed E-state index contributed by atoms with van der Waals surface area (Å²) in [5, 5.41) is -0.504. The molecular formula is C14H8Cl2F3NO4. The zero-order chi connectivity index (χ0) is 17.6. The summed E-state index contributed by atoms with van der Waals surface area (Å²) in [6, 6.07) is 1.32. The van der Waals surface area contributed by atoms with Gasteiger partial charge in [0.2, 0.25) is 0 Å². The van der Waals surface area contributed by atoms with Gasteiger partial charge in [-0.25, -0.2) is 13.8 Å². The van der Waals surface area contributed by atoms with E-state index in [1.54, 1.807) is 0 Å². The number of halogens is 5. The molecule has 5 nitrogen and oxygen atoms in total. The number of rotatable bonds is 3. The van der Waals surface area contributed by atoms with E-state index in [2.05, 4.69) is 16.3 Å². The van der Waals surface area contributed by atoms with E-state index in [4.69, 9.17) is 16.0 Å². The van der Waals surface area contributed by atoms with Crippen LogP contribution >= 0.6 is 23.2 Å². The van der Waals surface area contributed by atoms with Gasteiger partial charge in [0.25, 0.3) is 5.56 Å². The minimum Gasteiger partial charge on any atom is -0.418 e. The molecular weight excluding hydrogens is 374 g/mol. The lowest BCUT2D eigenvalue weighted by Gasteiger charge is -2.14. The molecule has 0 atom stereocenters. The lowest BCUT2D eigenvalue weighted by molar-refractivity contribution is -0.0964. The van der Waals surface area contributed by atoms with E-state index in [1.165, 1.54) is 0 Å². The van der Waals surface area contributed by atoms with E-state index in [9.17, 15) is 22.8 Å². The lowest BCUT2D eigenvalue weighted by Crippen LogP contribution is -2.34. The molecule has 0 N–H and O–H groups in total. The van der Waals surface area contributed by atoms with Crippen LogP contribution in [0.5, 0.6) is 5.75 Å². The second-order valence-corrected chi connectivity index (χ2v) is 5.89. The van der Waals surface area contributed by atoms with E-state index in [0.717, 1.165) is 0 Å². The first-order chi connectivity index (χ1) is 11.2. The maximum Gasteiger partial charge on any atom is 0.487 e. The summed E-state index contributed by atoms with van der Waals surface area (Å²) in [4.78, 5) is 24.4. The Balaban J connectivity index is 2.23. The Kier molecular flexibility index (Phi) is 4.13. The molecule has 0 spiro atoms. The summed E-state index contributed by atoms with van der Waals surface area (Å²) < 4.78 is 49.3. The maximum absolute atomic E-state index is 14.2. The van der Waals surface area contributed by atoms with E-state index >= 15 is 0 Å². The van der Waals surface area contributed by atoms with Crippen molar-refractivity contribution in [1.29, 1.82) is 0 Å². The molecule has 24 heavy (non-hydrogen) atoms. The molecule has 0 radical (unpaired) electrons. The second kappa shape index (κ2) is 5.86. The van der Waals surface area contributed by atoms with Crippen LogP contribution in [-0.2, 0) is 12.8 Å². The van der Waals surface area contributed by atoms with Crippen molar-refractivity contribution in [3.63, 3.8) is 0 Å². The van der Waals surface area contributed by atoms with Gasteiger partial charge in [0.1, 0.15) is 17.3 Å². The number of aromatic nitrogens is 1. The van der Waals surface area contributed by atoms with Gasteiger partial charge in [-0.3, -0.25) is 4.79 Å². The zero-order valence-corrected chi connectivity index (χ0v) is 13.3. The number of nitrogens with zero attached hydrogens (tertiary/aromatic N) is 1. The SMILES string of the molecule is O=c1oc2c(c(=O)n1-c1cc(OC(F)(F)Cl)c(Cl)cc1F)CCC2. The molecule has 1 aliphatic rings. The van der Waals surface area contributed by atoms with Crippen LogP contribution in [0.25, 0.3) is 5.69 Å². The van der Waals surface area contributed by atoms with Crippen molar-refractivity contribution >= 4 is 23.2 Å². The molecule has 1 heterocycles. The Morgan fingerprint density at radius 2 is 1.96 bits per heavy atom. The van der Waals surface area contributed by atoms with Crippen molar-refractivity contribution in [2.75, 3.05) is 0 Å². The second-order valence-electron chi connectivity index (χ2n) is 5.05. The minimum atomic E-state index is -4.10. The summed E-state index contributed by atoms with van der Waals surface area (Å²) in [6.45, 7) is 0. The first kappa shape index (κ1) is 16.9. The highest BCUT2D eigenvalue weighted by Gasteiger charge is 2.30. The molecule has 10 heteroatoms. The van der Waals surface area contributed by atoms with Gasteiger partial charge in [-0.15, -0.1) is 8.78 Å². The molecule has 0 unspecified atom stereocenters. The Bertz CT molecular complexity index is 933. The average molecular weight is 382 g/mol. The van der Waals surface area contributed by atoms with Crippen LogP contribution in [0.3, 0.4) is 0 Å². The number of hydrogen-bond donors (Lipinski definition) is 0. The number of ether oxygens (including phenoxy) is 1. The van der Waals surface area contributed by atoms with E-state index in [0.29, 0.717) is 36.0 Å². The molecule has 128 valence electrons. The van der Waals surface area contributed by atoms with Gasteiger partial charge in [-0.2, -0.15) is 0 Å². The van der Waals surface area contributed by atoms with E-state index in [1.807, 2.05) is 0 Å². The molecule has 0 saturated carbocycles. The van der Waals surface area contributed by atoms with Crippen LogP contribution < -0.4 is 16.1 Å². The van der Waals surface area contributed by atoms with Crippen LogP contribution in [0.4, 0.5) is 13.2 Å². The molecule has 1 aromatic carbocycles. The molecule has 1 aliphatic carbocycles. The highest BCUT2D eigenvalue weighted by atomic mass is 35.5. The van der Waals surface area contributed by atoms with Crippen molar-refractivity contribution in [2.24, 2.45) is 0 Å². The van der Waals surface area contributed by atoms with Crippen molar-refractivity contribution < 1.29 is 22.3 Å². The quantitative estimate of drug-likeness (QED) is 0.765. The fourth-order valence-electron chi connectivity index (χ4n) is 2.52. The molecule has 1 aromatic heterocycles. The molecule has 3 rings (SSSR count). The summed E-state index contributed by atoms with van der Waals surface area (Å²) >= 11 is 10.3. The van der Waals surface area contributed by atoms with Crippen molar-refractivity contribution in [3.8, 4) is 11.4 Å². The molecule has 0 saturated heterocycles. The summed E-state index contributed by atoms with van der Waals surface area (Å²) in [5.41, 5.74) is -5.26. The van der Waals surface area contributed by atoms with E-state index in [-0.39, 0.29) is 11.3 Å². The third-order valence-corrected chi connectivity index (χ3v) is 3.86. The third kappa shape index (κ3) is 3.03. The number of hydrogen-bond acceptors (Lipinski definition) is 4. The van der Waals surface area contributed by atoms with E-state index < -0.39 is 39.2 Å². The normalized spacial score (nSPS) is 13.9. The number of fused-ring (bicyclic) bond motifs is 1. The van der Waals surface area contributed by atoms with Crippen molar-refractivity contribution in [3.05, 3.63) is 55.2 Å². The van der Waals surface area contributed by atoms with Crippen LogP contribution in [0.2, 0.25) is 5.02 Å². The summed E-state index contributed by atoms with van der Waals surface area (Å²) in [7, 11) is 0. The number of alkyl halides is 3. The molecule has 0 aliphatic heterocycles.